The molecule has 2 amide bonds. The number of Topliss-reactive ketones (excluding diaryl/α,β-unsaturated/α-hetero) is 1. The maximum atomic E-state index is 13.7. The second-order valence-corrected chi connectivity index (χ2v) is 10.8. The maximum Gasteiger partial charge on any atom is 0.245 e. The Kier molecular flexibility index (Phi) is 8.39. The van der Waals surface area contributed by atoms with Crippen LogP contribution in [-0.4, -0.2) is 59.6 Å². The summed E-state index contributed by atoms with van der Waals surface area (Å²) < 4.78 is 5.69. The van der Waals surface area contributed by atoms with Crippen molar-refractivity contribution in [3.63, 3.8) is 0 Å². The molecule has 3 heterocycles. The summed E-state index contributed by atoms with van der Waals surface area (Å²) in [5, 5.41) is 17.5. The molecule has 2 aromatic carbocycles. The first kappa shape index (κ1) is 28.0. The van der Waals surface area contributed by atoms with E-state index in [2.05, 4.69) is 16.7 Å². The SMILES string of the molecule is Cc1cccc(C(=O)/C(C#N)=C(\Nc2ccc3oc(C)cc3c2)NC2CCCCN(CC(=O)N3CCCC3)C2=O)c1. The monoisotopic (exact) mass is 553 g/mol. The predicted molar refractivity (Wildman–Crippen MR) is 156 cm³/mol. The molecule has 212 valence electrons. The lowest BCUT2D eigenvalue weighted by molar-refractivity contribution is -0.140. The van der Waals surface area contributed by atoms with E-state index >= 15 is 0 Å². The van der Waals surface area contributed by atoms with Crippen molar-refractivity contribution in [1.82, 2.24) is 15.1 Å². The molecule has 2 aliphatic heterocycles. The molecule has 41 heavy (non-hydrogen) atoms. The molecule has 0 spiro atoms. The standard InChI is InChI=1S/C32H35N5O4/c1-21-8-7-9-23(16-21)30(39)26(19-33)31(34-25-11-12-28-24(18-25)17-22(2)41-28)35-27-10-3-4-15-37(32(27)40)20-29(38)36-13-5-6-14-36/h7-9,11-12,16-18,27,34-35H,3-6,10,13-15,20H2,1-2H3/b31-26+. The molecule has 2 N–H and O–H groups in total. The van der Waals surface area contributed by atoms with Gasteiger partial charge in [-0.25, -0.2) is 0 Å². The maximum absolute atomic E-state index is 13.7. The molecule has 0 bridgehead atoms. The Morgan fingerprint density at radius 3 is 2.56 bits per heavy atom. The van der Waals surface area contributed by atoms with E-state index in [1.54, 1.807) is 29.2 Å². The van der Waals surface area contributed by atoms with Crippen LogP contribution >= 0.6 is 0 Å². The van der Waals surface area contributed by atoms with Crippen LogP contribution in [0.2, 0.25) is 0 Å². The summed E-state index contributed by atoms with van der Waals surface area (Å²) in [6, 6.07) is 15.8. The van der Waals surface area contributed by atoms with Crippen molar-refractivity contribution in [1.29, 1.82) is 5.26 Å². The number of nitriles is 1. The summed E-state index contributed by atoms with van der Waals surface area (Å²) in [6.45, 7) is 5.74. The number of aryl methyl sites for hydroxylation is 2. The fourth-order valence-corrected chi connectivity index (χ4v) is 5.52. The first-order chi connectivity index (χ1) is 19.8. The van der Waals surface area contributed by atoms with Crippen LogP contribution in [0.25, 0.3) is 11.0 Å². The lowest BCUT2D eigenvalue weighted by atomic mass is 10.0. The molecule has 0 aliphatic carbocycles. The number of hydrogen-bond acceptors (Lipinski definition) is 7. The van der Waals surface area contributed by atoms with Crippen molar-refractivity contribution in [3.05, 3.63) is 76.8 Å². The molecular formula is C32H35N5O4. The molecular weight excluding hydrogens is 518 g/mol. The highest BCUT2D eigenvalue weighted by Crippen LogP contribution is 2.25. The van der Waals surface area contributed by atoms with Crippen LogP contribution in [0.3, 0.4) is 0 Å². The molecule has 1 atom stereocenters. The average Bonchev–Trinajstić information content (AvgIpc) is 3.59. The fraction of sp³-hybridized carbons (Fsp3) is 0.375. The molecule has 2 saturated heterocycles. The van der Waals surface area contributed by atoms with E-state index in [1.807, 2.05) is 43.0 Å². The van der Waals surface area contributed by atoms with Gasteiger partial charge in [0.05, 0.1) is 6.54 Å². The summed E-state index contributed by atoms with van der Waals surface area (Å²) >= 11 is 0. The number of carbonyl (C=O) groups excluding carboxylic acids is 3. The molecule has 9 nitrogen and oxygen atoms in total. The van der Waals surface area contributed by atoms with Crippen molar-refractivity contribution in [2.75, 3.05) is 31.5 Å². The normalized spacial score (nSPS) is 18.1. The number of furan rings is 1. The third-order valence-corrected chi connectivity index (χ3v) is 7.66. The highest BCUT2D eigenvalue weighted by Gasteiger charge is 2.32. The van der Waals surface area contributed by atoms with Crippen molar-refractivity contribution < 1.29 is 18.8 Å². The zero-order valence-corrected chi connectivity index (χ0v) is 23.5. The van der Waals surface area contributed by atoms with E-state index in [-0.39, 0.29) is 29.8 Å². The van der Waals surface area contributed by atoms with Gasteiger partial charge in [-0.2, -0.15) is 5.26 Å². The van der Waals surface area contributed by atoms with Crippen molar-refractivity contribution in [2.45, 2.75) is 52.0 Å². The number of ketones is 1. The Morgan fingerprint density at radius 1 is 1.02 bits per heavy atom. The highest BCUT2D eigenvalue weighted by molar-refractivity contribution is 6.12. The zero-order valence-electron chi connectivity index (χ0n) is 23.5. The minimum Gasteiger partial charge on any atom is -0.461 e. The molecule has 1 unspecified atom stereocenters. The summed E-state index contributed by atoms with van der Waals surface area (Å²) in [6.07, 6.45) is 4.02. The van der Waals surface area contributed by atoms with Gasteiger partial charge in [-0.15, -0.1) is 0 Å². The predicted octanol–water partition coefficient (Wildman–Crippen LogP) is 4.67. The molecule has 1 aromatic heterocycles. The Labute approximate surface area is 239 Å². The summed E-state index contributed by atoms with van der Waals surface area (Å²) in [5.41, 5.74) is 2.51. The number of amides is 2. The van der Waals surface area contributed by atoms with Crippen LogP contribution in [0, 0.1) is 25.2 Å². The lowest BCUT2D eigenvalue weighted by Crippen LogP contribution is -2.49. The molecule has 2 fully saturated rings. The van der Waals surface area contributed by atoms with Gasteiger partial charge in [0.1, 0.15) is 34.8 Å². The summed E-state index contributed by atoms with van der Waals surface area (Å²) in [5.74, 6) is 0.223. The first-order valence-electron chi connectivity index (χ1n) is 14.2. The van der Waals surface area contributed by atoms with Gasteiger partial charge in [-0.1, -0.05) is 23.8 Å². The van der Waals surface area contributed by atoms with E-state index in [0.717, 1.165) is 61.1 Å². The Bertz CT molecular complexity index is 1540. The number of anilines is 1. The van der Waals surface area contributed by atoms with Crippen molar-refractivity contribution in [2.24, 2.45) is 0 Å². The van der Waals surface area contributed by atoms with Gasteiger partial charge >= 0.3 is 0 Å². The molecule has 2 aliphatic rings. The Morgan fingerprint density at radius 2 is 1.80 bits per heavy atom. The second kappa shape index (κ2) is 12.3. The number of fused-ring (bicyclic) bond motifs is 1. The number of nitrogens with one attached hydrogen (secondary N) is 2. The smallest absolute Gasteiger partial charge is 0.245 e. The average molecular weight is 554 g/mol. The van der Waals surface area contributed by atoms with E-state index < -0.39 is 11.8 Å². The van der Waals surface area contributed by atoms with E-state index in [4.69, 9.17) is 4.42 Å². The number of likely N-dealkylation sites (tertiary alicyclic amines) is 2. The quantitative estimate of drug-likeness (QED) is 0.236. The first-order valence-corrected chi connectivity index (χ1v) is 14.2. The third kappa shape index (κ3) is 6.43. The molecule has 0 saturated carbocycles. The highest BCUT2D eigenvalue weighted by atomic mass is 16.3. The third-order valence-electron chi connectivity index (χ3n) is 7.66. The lowest BCUT2D eigenvalue weighted by Gasteiger charge is -2.28. The number of allylic oxidation sites excluding steroid dienone is 1. The molecule has 3 aromatic rings. The van der Waals surface area contributed by atoms with E-state index in [1.165, 1.54) is 0 Å². The largest absolute Gasteiger partial charge is 0.461 e. The summed E-state index contributed by atoms with van der Waals surface area (Å²) in [4.78, 5) is 43.6. The Balaban J connectivity index is 1.47. The zero-order chi connectivity index (χ0) is 28.9. The second-order valence-electron chi connectivity index (χ2n) is 10.8. The van der Waals surface area contributed by atoms with Gasteiger partial charge in [0.15, 0.2) is 0 Å². The van der Waals surface area contributed by atoms with Crippen LogP contribution in [0.1, 0.15) is 53.8 Å². The number of hydrogen-bond donors (Lipinski definition) is 2. The van der Waals surface area contributed by atoms with Crippen molar-refractivity contribution in [3.8, 4) is 6.07 Å². The van der Waals surface area contributed by atoms with Gasteiger partial charge < -0.3 is 24.9 Å². The summed E-state index contributed by atoms with van der Waals surface area (Å²) in [7, 11) is 0. The number of carbonyl (C=O) groups is 3. The van der Waals surface area contributed by atoms with E-state index in [0.29, 0.717) is 24.2 Å². The van der Waals surface area contributed by atoms with Crippen LogP contribution in [0.4, 0.5) is 5.69 Å². The van der Waals surface area contributed by atoms with Gasteiger partial charge in [-0.05, 0) is 76.3 Å². The number of nitrogens with zero attached hydrogens (tertiary/aromatic N) is 3. The number of benzene rings is 2. The number of rotatable bonds is 8. The van der Waals surface area contributed by atoms with Gasteiger partial charge in [-0.3, -0.25) is 14.4 Å². The van der Waals surface area contributed by atoms with Gasteiger partial charge in [0, 0.05) is 36.3 Å². The van der Waals surface area contributed by atoms with Gasteiger partial charge in [0.25, 0.3) is 0 Å². The molecule has 5 rings (SSSR count). The van der Waals surface area contributed by atoms with Crippen LogP contribution in [0.5, 0.6) is 0 Å². The van der Waals surface area contributed by atoms with Gasteiger partial charge in [0.2, 0.25) is 17.6 Å². The fourth-order valence-electron chi connectivity index (χ4n) is 5.52. The van der Waals surface area contributed by atoms with Crippen LogP contribution in [0.15, 0.2) is 64.3 Å². The molecule has 9 heteroatoms. The van der Waals surface area contributed by atoms with Crippen LogP contribution in [-0.2, 0) is 9.59 Å². The minimum atomic E-state index is -0.708. The van der Waals surface area contributed by atoms with Crippen LogP contribution < -0.4 is 10.6 Å². The molecule has 0 radical (unpaired) electrons. The topological polar surface area (TPSA) is 119 Å². The minimum absolute atomic E-state index is 0.0350. The van der Waals surface area contributed by atoms with E-state index in [9.17, 15) is 19.6 Å². The Hall–Kier alpha value is -4.58. The van der Waals surface area contributed by atoms with Crippen molar-refractivity contribution >= 4 is 34.3 Å².